The van der Waals surface area contributed by atoms with Crippen LogP contribution < -0.4 is 11.1 Å². The predicted molar refractivity (Wildman–Crippen MR) is 85.3 cm³/mol. The Hall–Kier alpha value is -0.420. The van der Waals surface area contributed by atoms with Crippen molar-refractivity contribution in [1.82, 2.24) is 0 Å². The van der Waals surface area contributed by atoms with Gasteiger partial charge in [0.1, 0.15) is 0 Å². The van der Waals surface area contributed by atoms with Gasteiger partial charge in [-0.3, -0.25) is 4.79 Å². The molecule has 0 saturated carbocycles. The minimum Gasteiger partial charge on any atom is -0.330 e. The van der Waals surface area contributed by atoms with Gasteiger partial charge < -0.3 is 11.1 Å². The molecule has 0 bridgehead atoms. The number of nitrogens with one attached hydrogen (secondary N) is 1. The molecule has 1 aromatic rings. The van der Waals surface area contributed by atoms with Crippen molar-refractivity contribution in [1.29, 1.82) is 0 Å². The van der Waals surface area contributed by atoms with Crippen LogP contribution in [0.25, 0.3) is 0 Å². The molecule has 0 radical (unpaired) electrons. The van der Waals surface area contributed by atoms with Crippen LogP contribution in [-0.4, -0.2) is 24.0 Å². The minimum absolute atomic E-state index is 0.0583. The fourth-order valence-electron chi connectivity index (χ4n) is 1.32. The predicted octanol–water partition coefficient (Wildman–Crippen LogP) is 3.65. The molecule has 0 aromatic heterocycles. The van der Waals surface area contributed by atoms with Crippen molar-refractivity contribution in [3.8, 4) is 0 Å². The summed E-state index contributed by atoms with van der Waals surface area (Å²) in [6.07, 6.45) is 0.449. The number of hydrogen-bond donors (Lipinski definition) is 2. The van der Waals surface area contributed by atoms with Gasteiger partial charge in [-0.05, 0) is 36.4 Å². The lowest BCUT2D eigenvalue weighted by molar-refractivity contribution is -0.115. The number of anilines is 1. The molecule has 0 spiro atoms. The SMILES string of the molecule is CC(CN)CSCCC(=O)Nc1cc(Cl)ccc1Cl. The Morgan fingerprint density at radius 1 is 1.47 bits per heavy atom. The summed E-state index contributed by atoms with van der Waals surface area (Å²) in [7, 11) is 0. The number of amides is 1. The molecule has 0 saturated heterocycles. The van der Waals surface area contributed by atoms with Crippen molar-refractivity contribution in [2.75, 3.05) is 23.4 Å². The normalized spacial score (nSPS) is 12.2. The first-order valence-corrected chi connectivity index (χ1v) is 7.96. The molecule has 0 aliphatic heterocycles. The summed E-state index contributed by atoms with van der Waals surface area (Å²) in [5, 5.41) is 3.79. The van der Waals surface area contributed by atoms with Gasteiger partial charge in [-0.2, -0.15) is 11.8 Å². The maximum absolute atomic E-state index is 11.7. The van der Waals surface area contributed by atoms with Gasteiger partial charge in [0.15, 0.2) is 0 Å². The molecule has 106 valence electrons. The van der Waals surface area contributed by atoms with E-state index < -0.39 is 0 Å². The smallest absolute Gasteiger partial charge is 0.225 e. The summed E-state index contributed by atoms with van der Waals surface area (Å²) in [5.41, 5.74) is 6.08. The lowest BCUT2D eigenvalue weighted by Gasteiger charge is -2.09. The fourth-order valence-corrected chi connectivity index (χ4v) is 2.70. The quantitative estimate of drug-likeness (QED) is 0.754. The molecule has 0 fully saturated rings. The highest BCUT2D eigenvalue weighted by Gasteiger charge is 2.07. The number of benzene rings is 1. The van der Waals surface area contributed by atoms with Gasteiger partial charge in [0.05, 0.1) is 10.7 Å². The van der Waals surface area contributed by atoms with Gasteiger partial charge in [-0.25, -0.2) is 0 Å². The van der Waals surface area contributed by atoms with Crippen molar-refractivity contribution in [2.45, 2.75) is 13.3 Å². The van der Waals surface area contributed by atoms with E-state index in [4.69, 9.17) is 28.9 Å². The second-order valence-electron chi connectivity index (χ2n) is 4.34. The van der Waals surface area contributed by atoms with Crippen LogP contribution >= 0.6 is 35.0 Å². The first-order valence-electron chi connectivity index (χ1n) is 6.05. The summed E-state index contributed by atoms with van der Waals surface area (Å²) in [6, 6.07) is 4.99. The third-order valence-corrected chi connectivity index (χ3v) is 4.34. The Balaban J connectivity index is 2.33. The van der Waals surface area contributed by atoms with E-state index >= 15 is 0 Å². The number of carbonyl (C=O) groups excluding carboxylic acids is 1. The molecular weight excluding hydrogens is 303 g/mol. The Kier molecular flexibility index (Phi) is 7.61. The summed E-state index contributed by atoms with van der Waals surface area (Å²) in [6.45, 7) is 2.77. The van der Waals surface area contributed by atoms with E-state index in [2.05, 4.69) is 12.2 Å². The molecule has 1 atom stereocenters. The summed E-state index contributed by atoms with van der Waals surface area (Å²) < 4.78 is 0. The number of thioether (sulfide) groups is 1. The van der Waals surface area contributed by atoms with Crippen LogP contribution in [0, 0.1) is 5.92 Å². The van der Waals surface area contributed by atoms with Crippen LogP contribution in [0.3, 0.4) is 0 Å². The maximum atomic E-state index is 11.7. The second-order valence-corrected chi connectivity index (χ2v) is 6.33. The largest absolute Gasteiger partial charge is 0.330 e. The third-order valence-electron chi connectivity index (χ3n) is 2.48. The van der Waals surface area contributed by atoms with Crippen LogP contribution in [0.5, 0.6) is 0 Å². The van der Waals surface area contributed by atoms with Crippen molar-refractivity contribution in [3.05, 3.63) is 28.2 Å². The van der Waals surface area contributed by atoms with Gasteiger partial charge in [-0.15, -0.1) is 0 Å². The first kappa shape index (κ1) is 16.6. The van der Waals surface area contributed by atoms with E-state index in [0.717, 1.165) is 11.5 Å². The number of halogens is 2. The highest BCUT2D eigenvalue weighted by molar-refractivity contribution is 7.99. The molecular formula is C13H18Cl2N2OS. The van der Waals surface area contributed by atoms with Crippen LogP contribution in [0.4, 0.5) is 5.69 Å². The molecule has 0 aliphatic rings. The van der Waals surface area contributed by atoms with Crippen molar-refractivity contribution >= 4 is 46.6 Å². The highest BCUT2D eigenvalue weighted by atomic mass is 35.5. The molecule has 1 rings (SSSR count). The first-order chi connectivity index (χ1) is 9.02. The Morgan fingerprint density at radius 2 is 2.21 bits per heavy atom. The zero-order valence-electron chi connectivity index (χ0n) is 10.8. The van der Waals surface area contributed by atoms with Gasteiger partial charge in [0, 0.05) is 17.2 Å². The molecule has 1 unspecified atom stereocenters. The van der Waals surface area contributed by atoms with E-state index in [1.165, 1.54) is 0 Å². The molecule has 0 heterocycles. The standard InChI is InChI=1S/C13H18Cl2N2OS/c1-9(7-16)8-19-5-4-13(18)17-12-6-10(14)2-3-11(12)15/h2-3,6,9H,4-5,7-8,16H2,1H3,(H,17,18). The lowest BCUT2D eigenvalue weighted by Crippen LogP contribution is -2.15. The number of nitrogens with two attached hydrogens (primary N) is 1. The Labute approximate surface area is 128 Å². The van der Waals surface area contributed by atoms with E-state index in [1.807, 2.05) is 0 Å². The van der Waals surface area contributed by atoms with Crippen LogP contribution in [-0.2, 0) is 4.79 Å². The molecule has 19 heavy (non-hydrogen) atoms. The molecule has 3 nitrogen and oxygen atoms in total. The number of carbonyl (C=O) groups is 1. The minimum atomic E-state index is -0.0583. The summed E-state index contributed by atoms with van der Waals surface area (Å²) in [4.78, 5) is 11.7. The molecule has 0 aliphatic carbocycles. The second kappa shape index (κ2) is 8.69. The van der Waals surface area contributed by atoms with Gasteiger partial charge >= 0.3 is 0 Å². The Morgan fingerprint density at radius 3 is 2.89 bits per heavy atom. The number of hydrogen-bond acceptors (Lipinski definition) is 3. The average molecular weight is 321 g/mol. The van der Waals surface area contributed by atoms with E-state index in [-0.39, 0.29) is 5.91 Å². The average Bonchev–Trinajstić information content (AvgIpc) is 2.38. The van der Waals surface area contributed by atoms with Gasteiger partial charge in [0.2, 0.25) is 5.91 Å². The molecule has 3 N–H and O–H groups in total. The zero-order valence-corrected chi connectivity index (χ0v) is 13.1. The number of rotatable bonds is 7. The maximum Gasteiger partial charge on any atom is 0.225 e. The van der Waals surface area contributed by atoms with Crippen LogP contribution in [0.1, 0.15) is 13.3 Å². The van der Waals surface area contributed by atoms with Crippen LogP contribution in [0.2, 0.25) is 10.0 Å². The van der Waals surface area contributed by atoms with E-state index in [9.17, 15) is 4.79 Å². The Bertz CT molecular complexity index is 429. The monoisotopic (exact) mass is 320 g/mol. The zero-order chi connectivity index (χ0) is 14.3. The van der Waals surface area contributed by atoms with Crippen molar-refractivity contribution in [3.63, 3.8) is 0 Å². The van der Waals surface area contributed by atoms with Gasteiger partial charge in [0.25, 0.3) is 0 Å². The lowest BCUT2D eigenvalue weighted by atomic mass is 10.2. The molecule has 6 heteroatoms. The van der Waals surface area contributed by atoms with Gasteiger partial charge in [-0.1, -0.05) is 30.1 Å². The van der Waals surface area contributed by atoms with Crippen molar-refractivity contribution in [2.24, 2.45) is 11.7 Å². The molecule has 1 aromatic carbocycles. The van der Waals surface area contributed by atoms with Crippen LogP contribution in [0.15, 0.2) is 18.2 Å². The van der Waals surface area contributed by atoms with E-state index in [0.29, 0.717) is 34.6 Å². The summed E-state index contributed by atoms with van der Waals surface area (Å²) >= 11 is 13.6. The van der Waals surface area contributed by atoms with E-state index in [1.54, 1.807) is 30.0 Å². The topological polar surface area (TPSA) is 55.1 Å². The fraction of sp³-hybridized carbons (Fsp3) is 0.462. The highest BCUT2D eigenvalue weighted by Crippen LogP contribution is 2.25. The summed E-state index contributed by atoms with van der Waals surface area (Å²) in [5.74, 6) is 2.17. The third kappa shape index (κ3) is 6.52. The molecule has 1 amide bonds. The van der Waals surface area contributed by atoms with Crippen molar-refractivity contribution < 1.29 is 4.79 Å².